The Morgan fingerprint density at radius 2 is 1.52 bits per heavy atom. The van der Waals surface area contributed by atoms with Crippen LogP contribution in [0.15, 0.2) is 71.7 Å². The third-order valence-electron chi connectivity index (χ3n) is 7.55. The Morgan fingerprint density at radius 3 is 2.07 bits per heavy atom. The number of aliphatic imine (C=N–C) groups is 1. The molecular weight excluding hydrogens is 620 g/mol. The number of rotatable bonds is 7. The molecule has 0 aliphatic carbocycles. The topological polar surface area (TPSA) is 85.7 Å². The van der Waals surface area contributed by atoms with Crippen LogP contribution in [0, 0.1) is 0 Å². The van der Waals surface area contributed by atoms with E-state index in [0.717, 1.165) is 17.7 Å². The molecule has 2 unspecified atom stereocenters. The number of halogens is 5. The molecule has 44 heavy (non-hydrogen) atoms. The van der Waals surface area contributed by atoms with Crippen LogP contribution in [-0.4, -0.2) is 77.0 Å². The Balaban J connectivity index is 1.64. The number of carbonyl (C=O) groups excluding carboxylic acids is 1. The first-order valence-corrected chi connectivity index (χ1v) is 14.7. The third kappa shape index (κ3) is 6.80. The minimum Gasteiger partial charge on any atom is -0.493 e. The molecule has 3 aromatic carbocycles. The quantitative estimate of drug-likeness (QED) is 0.305. The second-order valence-corrected chi connectivity index (χ2v) is 11.3. The summed E-state index contributed by atoms with van der Waals surface area (Å²) in [6.07, 6.45) is -4.61. The second kappa shape index (κ2) is 13.1. The molecule has 2 heterocycles. The molecule has 0 bridgehead atoms. The van der Waals surface area contributed by atoms with Crippen molar-refractivity contribution in [2.24, 2.45) is 4.99 Å². The Kier molecular flexibility index (Phi) is 9.38. The van der Waals surface area contributed by atoms with Gasteiger partial charge in [-0.25, -0.2) is 4.79 Å². The van der Waals surface area contributed by atoms with Gasteiger partial charge in [0.05, 0.1) is 30.3 Å². The molecule has 2 aliphatic heterocycles. The van der Waals surface area contributed by atoms with Crippen molar-refractivity contribution in [3.8, 4) is 5.75 Å². The number of alkyl halides is 3. The van der Waals surface area contributed by atoms with Gasteiger partial charge in [0.25, 0.3) is 0 Å². The van der Waals surface area contributed by atoms with E-state index in [1.54, 1.807) is 65.3 Å². The molecule has 232 valence electrons. The molecule has 1 saturated heterocycles. The molecule has 13 heteroatoms. The number of amidine groups is 1. The number of benzene rings is 3. The number of piperazine rings is 1. The van der Waals surface area contributed by atoms with Crippen LogP contribution in [-0.2, 0) is 11.0 Å². The molecule has 0 spiro atoms. The van der Waals surface area contributed by atoms with Crippen molar-refractivity contribution in [2.75, 3.05) is 39.3 Å². The van der Waals surface area contributed by atoms with Gasteiger partial charge in [-0.2, -0.15) is 13.2 Å². The number of hydrogen-bond donors (Lipinski definition) is 1. The van der Waals surface area contributed by atoms with Crippen molar-refractivity contribution in [1.82, 2.24) is 14.7 Å². The van der Waals surface area contributed by atoms with Gasteiger partial charge in [0.1, 0.15) is 17.6 Å². The van der Waals surface area contributed by atoms with Crippen LogP contribution >= 0.6 is 23.2 Å². The molecule has 2 atom stereocenters. The lowest BCUT2D eigenvalue weighted by Crippen LogP contribution is -2.54. The van der Waals surface area contributed by atoms with E-state index in [9.17, 15) is 27.9 Å². The van der Waals surface area contributed by atoms with E-state index < -0.39 is 35.8 Å². The van der Waals surface area contributed by atoms with Crippen molar-refractivity contribution in [2.45, 2.75) is 25.2 Å². The first kappa shape index (κ1) is 31.6. The highest BCUT2D eigenvalue weighted by atomic mass is 35.5. The lowest BCUT2D eigenvalue weighted by Gasteiger charge is -2.38. The van der Waals surface area contributed by atoms with E-state index >= 15 is 0 Å². The van der Waals surface area contributed by atoms with Crippen molar-refractivity contribution >= 4 is 41.0 Å². The van der Waals surface area contributed by atoms with Gasteiger partial charge in [-0.15, -0.1) is 0 Å². The summed E-state index contributed by atoms with van der Waals surface area (Å²) in [5.74, 6) is -0.866. The van der Waals surface area contributed by atoms with Crippen LogP contribution in [0.4, 0.5) is 18.0 Å². The van der Waals surface area contributed by atoms with Crippen LogP contribution in [0.25, 0.3) is 0 Å². The summed E-state index contributed by atoms with van der Waals surface area (Å²) in [7, 11) is 0. The lowest BCUT2D eigenvalue weighted by atomic mass is 9.93. The number of amides is 2. The van der Waals surface area contributed by atoms with Gasteiger partial charge in [-0.1, -0.05) is 47.5 Å². The zero-order chi connectivity index (χ0) is 31.6. The number of carboxylic acids is 1. The largest absolute Gasteiger partial charge is 0.493 e. The average Bonchev–Trinajstić information content (AvgIpc) is 3.37. The summed E-state index contributed by atoms with van der Waals surface area (Å²) >= 11 is 12.4. The minimum absolute atomic E-state index is 0.0586. The van der Waals surface area contributed by atoms with E-state index in [2.05, 4.69) is 0 Å². The number of hydrogen-bond acceptors (Lipinski definition) is 5. The van der Waals surface area contributed by atoms with Gasteiger partial charge in [0.2, 0.25) is 0 Å². The van der Waals surface area contributed by atoms with Gasteiger partial charge in [0.15, 0.2) is 0 Å². The fourth-order valence-electron chi connectivity index (χ4n) is 5.45. The van der Waals surface area contributed by atoms with E-state index in [1.807, 2.05) is 0 Å². The normalized spacial score (nSPS) is 19.2. The smallest absolute Gasteiger partial charge is 0.416 e. The maximum absolute atomic E-state index is 14.5. The molecule has 2 aliphatic rings. The second-order valence-electron chi connectivity index (χ2n) is 10.4. The van der Waals surface area contributed by atoms with Gasteiger partial charge < -0.3 is 14.7 Å². The Bertz CT molecular complexity index is 1540. The number of aliphatic carboxylic acids is 1. The van der Waals surface area contributed by atoms with Crippen molar-refractivity contribution < 1.29 is 32.6 Å². The summed E-state index contributed by atoms with van der Waals surface area (Å²) < 4.78 is 46.8. The zero-order valence-electron chi connectivity index (χ0n) is 23.6. The van der Waals surface area contributed by atoms with Gasteiger partial charge in [0, 0.05) is 36.2 Å². The van der Waals surface area contributed by atoms with Crippen molar-refractivity contribution in [3.63, 3.8) is 0 Å². The highest BCUT2D eigenvalue weighted by Crippen LogP contribution is 2.46. The fourth-order valence-corrected chi connectivity index (χ4v) is 5.71. The molecular formula is C31H29Cl2F3N4O4. The Morgan fingerprint density at radius 1 is 0.932 bits per heavy atom. The van der Waals surface area contributed by atoms with Crippen LogP contribution in [0.2, 0.25) is 10.0 Å². The number of urea groups is 1. The van der Waals surface area contributed by atoms with Crippen LogP contribution in [0.1, 0.15) is 41.3 Å². The summed E-state index contributed by atoms with van der Waals surface area (Å²) in [6.45, 7) is 2.79. The van der Waals surface area contributed by atoms with E-state index in [-0.39, 0.29) is 43.4 Å². The first-order chi connectivity index (χ1) is 21.0. The molecule has 1 fully saturated rings. The Hall–Kier alpha value is -3.80. The van der Waals surface area contributed by atoms with Crippen molar-refractivity contribution in [1.29, 1.82) is 0 Å². The maximum atomic E-state index is 14.5. The molecule has 5 rings (SSSR count). The highest BCUT2D eigenvalue weighted by molar-refractivity contribution is 6.30. The van der Waals surface area contributed by atoms with E-state index in [1.165, 1.54) is 11.0 Å². The summed E-state index contributed by atoms with van der Waals surface area (Å²) in [6, 6.07) is 15.4. The number of carboxylic acid groups (broad SMARTS) is 1. The summed E-state index contributed by atoms with van der Waals surface area (Å²) in [4.78, 5) is 35.5. The zero-order valence-corrected chi connectivity index (χ0v) is 25.1. The number of carbonyl (C=O) groups is 2. The molecule has 8 nitrogen and oxygen atoms in total. The SMILES string of the molecule is CCOc1cc(C(F)(F)F)ccc1C1=NC(c2ccc(Cl)cc2)C(c2ccc(Cl)cc2)N1C(=O)N1CCN(CC(=O)O)CC1. The predicted octanol–water partition coefficient (Wildman–Crippen LogP) is 6.78. The molecule has 2 amide bonds. The monoisotopic (exact) mass is 648 g/mol. The van der Waals surface area contributed by atoms with Crippen LogP contribution in [0.5, 0.6) is 5.75 Å². The number of nitrogens with zero attached hydrogens (tertiary/aromatic N) is 4. The fraction of sp³-hybridized carbons (Fsp3) is 0.323. The molecule has 0 radical (unpaired) electrons. The highest BCUT2D eigenvalue weighted by Gasteiger charge is 2.45. The van der Waals surface area contributed by atoms with Crippen LogP contribution < -0.4 is 4.74 Å². The summed E-state index contributed by atoms with van der Waals surface area (Å²) in [5.41, 5.74) is 0.779. The summed E-state index contributed by atoms with van der Waals surface area (Å²) in [5, 5.41) is 10.2. The Labute approximate surface area is 262 Å². The van der Waals surface area contributed by atoms with E-state index in [0.29, 0.717) is 28.7 Å². The lowest BCUT2D eigenvalue weighted by molar-refractivity contribution is -0.139. The van der Waals surface area contributed by atoms with Crippen molar-refractivity contribution in [3.05, 3.63) is 99.0 Å². The third-order valence-corrected chi connectivity index (χ3v) is 8.05. The first-order valence-electron chi connectivity index (χ1n) is 13.9. The molecule has 0 aromatic heterocycles. The van der Waals surface area contributed by atoms with Crippen LogP contribution in [0.3, 0.4) is 0 Å². The molecule has 3 aromatic rings. The van der Waals surface area contributed by atoms with Gasteiger partial charge >= 0.3 is 18.2 Å². The predicted molar refractivity (Wildman–Crippen MR) is 160 cm³/mol. The molecule has 1 N–H and O–H groups in total. The van der Waals surface area contributed by atoms with E-state index in [4.69, 9.17) is 32.9 Å². The average molecular weight is 649 g/mol. The van der Waals surface area contributed by atoms with Gasteiger partial charge in [-0.05, 0) is 60.5 Å². The minimum atomic E-state index is -4.61. The standard InChI is InChI=1S/C31H29Cl2F3N4O4/c1-2-44-25-17-21(31(34,35)36)7-12-24(25)29-37-27(19-3-8-22(32)9-4-19)28(20-5-10-23(33)11-6-20)40(29)30(43)39-15-13-38(14-16-39)18-26(41)42/h3-12,17,27-28H,2,13-16,18H2,1H3,(H,41,42). The maximum Gasteiger partial charge on any atom is 0.416 e. The number of ether oxygens (including phenoxy) is 1. The molecule has 0 saturated carbocycles. The van der Waals surface area contributed by atoms with Gasteiger partial charge in [-0.3, -0.25) is 19.6 Å².